The number of hydrogen-bond acceptors (Lipinski definition) is 4. The summed E-state index contributed by atoms with van der Waals surface area (Å²) < 4.78 is 0.872. The third kappa shape index (κ3) is 5.15. The molecule has 0 spiro atoms. The van der Waals surface area contributed by atoms with Gasteiger partial charge in [-0.15, -0.1) is 0 Å². The van der Waals surface area contributed by atoms with Crippen molar-refractivity contribution in [2.24, 2.45) is 0 Å². The SMILES string of the molecule is Cc1cccc(NC(=O)Nc2nc(C)c(C(=O)Nc3cccc(Br)c3)s2)c1. The van der Waals surface area contributed by atoms with Gasteiger partial charge in [0, 0.05) is 15.8 Å². The van der Waals surface area contributed by atoms with E-state index in [2.05, 4.69) is 36.9 Å². The average Bonchev–Trinajstić information content (AvgIpc) is 2.95. The Morgan fingerprint density at radius 3 is 2.37 bits per heavy atom. The largest absolute Gasteiger partial charge is 0.325 e. The van der Waals surface area contributed by atoms with Gasteiger partial charge in [-0.3, -0.25) is 10.1 Å². The zero-order valence-electron chi connectivity index (χ0n) is 14.7. The third-order valence-electron chi connectivity index (χ3n) is 3.58. The van der Waals surface area contributed by atoms with Crippen LogP contribution in [0.15, 0.2) is 53.0 Å². The molecule has 0 saturated heterocycles. The number of nitrogens with one attached hydrogen (secondary N) is 3. The number of benzene rings is 2. The number of amides is 3. The standard InChI is InChI=1S/C19H17BrN4O2S/c1-11-5-3-7-14(9-11)23-18(26)24-19-21-12(2)16(27-19)17(25)22-15-8-4-6-13(20)10-15/h3-10H,1-2H3,(H,22,25)(H2,21,23,24,26). The van der Waals surface area contributed by atoms with Gasteiger partial charge in [0.2, 0.25) is 0 Å². The molecule has 8 heteroatoms. The van der Waals surface area contributed by atoms with Crippen LogP contribution in [0.3, 0.4) is 0 Å². The van der Waals surface area contributed by atoms with Crippen molar-refractivity contribution in [3.63, 3.8) is 0 Å². The third-order valence-corrected chi connectivity index (χ3v) is 5.15. The average molecular weight is 445 g/mol. The first-order chi connectivity index (χ1) is 12.9. The number of aromatic nitrogens is 1. The van der Waals surface area contributed by atoms with Gasteiger partial charge in [-0.2, -0.15) is 0 Å². The predicted octanol–water partition coefficient (Wildman–Crippen LogP) is 5.42. The van der Waals surface area contributed by atoms with Gasteiger partial charge in [0.25, 0.3) is 5.91 Å². The van der Waals surface area contributed by atoms with Crippen LogP contribution in [0, 0.1) is 13.8 Å². The fourth-order valence-corrected chi connectivity index (χ4v) is 3.65. The molecule has 0 radical (unpaired) electrons. The highest BCUT2D eigenvalue weighted by Gasteiger charge is 2.17. The highest BCUT2D eigenvalue weighted by atomic mass is 79.9. The molecular weight excluding hydrogens is 428 g/mol. The second kappa shape index (κ2) is 8.32. The van der Waals surface area contributed by atoms with Gasteiger partial charge < -0.3 is 10.6 Å². The molecule has 2 aromatic carbocycles. The molecule has 27 heavy (non-hydrogen) atoms. The van der Waals surface area contributed by atoms with Crippen LogP contribution < -0.4 is 16.0 Å². The predicted molar refractivity (Wildman–Crippen MR) is 113 cm³/mol. The van der Waals surface area contributed by atoms with E-state index < -0.39 is 6.03 Å². The lowest BCUT2D eigenvalue weighted by molar-refractivity contribution is 0.103. The van der Waals surface area contributed by atoms with E-state index >= 15 is 0 Å². The zero-order chi connectivity index (χ0) is 19.4. The number of anilines is 3. The maximum atomic E-state index is 12.5. The Hall–Kier alpha value is -2.71. The van der Waals surface area contributed by atoms with Gasteiger partial charge >= 0.3 is 6.03 Å². The normalized spacial score (nSPS) is 10.3. The van der Waals surface area contributed by atoms with Crippen LogP contribution in [0.25, 0.3) is 0 Å². The minimum Gasteiger partial charge on any atom is -0.321 e. The molecule has 0 atom stereocenters. The lowest BCUT2D eigenvalue weighted by Gasteiger charge is -2.06. The van der Waals surface area contributed by atoms with E-state index in [1.165, 1.54) is 0 Å². The second-order valence-corrected chi connectivity index (χ2v) is 7.76. The summed E-state index contributed by atoms with van der Waals surface area (Å²) in [6, 6.07) is 14.4. The van der Waals surface area contributed by atoms with Crippen LogP contribution >= 0.6 is 27.3 Å². The number of nitrogens with zero attached hydrogens (tertiary/aromatic N) is 1. The minimum absolute atomic E-state index is 0.268. The zero-order valence-corrected chi connectivity index (χ0v) is 17.1. The molecule has 0 saturated carbocycles. The summed E-state index contributed by atoms with van der Waals surface area (Å²) in [5, 5.41) is 8.60. The topological polar surface area (TPSA) is 83.1 Å². The monoisotopic (exact) mass is 444 g/mol. The number of thiazole rings is 1. The van der Waals surface area contributed by atoms with E-state index in [0.717, 1.165) is 21.4 Å². The molecule has 3 N–H and O–H groups in total. The van der Waals surface area contributed by atoms with Crippen LogP contribution in [0.4, 0.5) is 21.3 Å². The Labute approximate surface area is 169 Å². The van der Waals surface area contributed by atoms with Gasteiger partial charge in [-0.05, 0) is 49.7 Å². The van der Waals surface area contributed by atoms with E-state index in [4.69, 9.17) is 0 Å². The highest BCUT2D eigenvalue weighted by molar-refractivity contribution is 9.10. The second-order valence-electron chi connectivity index (χ2n) is 5.85. The van der Waals surface area contributed by atoms with Crippen LogP contribution in [-0.4, -0.2) is 16.9 Å². The van der Waals surface area contributed by atoms with E-state index in [-0.39, 0.29) is 5.91 Å². The molecule has 1 aromatic heterocycles. The van der Waals surface area contributed by atoms with Crippen molar-refractivity contribution in [3.05, 3.63) is 69.1 Å². The fraction of sp³-hybridized carbons (Fsp3) is 0.105. The van der Waals surface area contributed by atoms with E-state index in [9.17, 15) is 9.59 Å². The number of halogens is 1. The molecule has 0 aliphatic rings. The highest BCUT2D eigenvalue weighted by Crippen LogP contribution is 2.24. The quantitative estimate of drug-likeness (QED) is 0.502. The lowest BCUT2D eigenvalue weighted by Crippen LogP contribution is -2.19. The number of urea groups is 1. The number of carbonyl (C=O) groups excluding carboxylic acids is 2. The number of aryl methyl sites for hydroxylation is 2. The first-order valence-corrected chi connectivity index (χ1v) is 9.70. The van der Waals surface area contributed by atoms with Crippen LogP contribution in [0.5, 0.6) is 0 Å². The van der Waals surface area contributed by atoms with E-state index in [1.54, 1.807) is 19.1 Å². The van der Waals surface area contributed by atoms with Crippen LogP contribution in [0.2, 0.25) is 0 Å². The molecule has 3 rings (SSSR count). The van der Waals surface area contributed by atoms with E-state index in [1.807, 2.05) is 43.3 Å². The summed E-state index contributed by atoms with van der Waals surface area (Å²) in [4.78, 5) is 29.4. The fourth-order valence-electron chi connectivity index (χ4n) is 2.40. The summed E-state index contributed by atoms with van der Waals surface area (Å²) in [7, 11) is 0. The van der Waals surface area contributed by atoms with Crippen molar-refractivity contribution < 1.29 is 9.59 Å². The first-order valence-electron chi connectivity index (χ1n) is 8.10. The molecule has 0 aliphatic carbocycles. The molecular formula is C19H17BrN4O2S. The summed E-state index contributed by atoms with van der Waals surface area (Å²) in [5.41, 5.74) is 2.96. The molecule has 0 fully saturated rings. The summed E-state index contributed by atoms with van der Waals surface area (Å²) in [6.07, 6.45) is 0. The lowest BCUT2D eigenvalue weighted by atomic mass is 10.2. The number of hydrogen-bond donors (Lipinski definition) is 3. The summed E-state index contributed by atoms with van der Waals surface area (Å²) in [6.45, 7) is 3.68. The molecule has 3 amide bonds. The smallest absolute Gasteiger partial charge is 0.321 e. The van der Waals surface area contributed by atoms with Crippen LogP contribution in [-0.2, 0) is 0 Å². The Morgan fingerprint density at radius 2 is 1.67 bits per heavy atom. The summed E-state index contributed by atoms with van der Waals surface area (Å²) >= 11 is 4.50. The van der Waals surface area contributed by atoms with Crippen molar-refractivity contribution in [2.75, 3.05) is 16.0 Å². The van der Waals surface area contributed by atoms with E-state index in [0.29, 0.717) is 27.1 Å². The molecule has 0 bridgehead atoms. The molecule has 6 nitrogen and oxygen atoms in total. The van der Waals surface area contributed by atoms with Gasteiger partial charge in [0.15, 0.2) is 5.13 Å². The number of carbonyl (C=O) groups is 2. The van der Waals surface area contributed by atoms with Crippen molar-refractivity contribution in [1.82, 2.24) is 4.98 Å². The van der Waals surface area contributed by atoms with Gasteiger partial charge in [-0.25, -0.2) is 9.78 Å². The van der Waals surface area contributed by atoms with Gasteiger partial charge in [0.05, 0.1) is 5.69 Å². The maximum absolute atomic E-state index is 12.5. The Morgan fingerprint density at radius 1 is 0.963 bits per heavy atom. The van der Waals surface area contributed by atoms with Crippen molar-refractivity contribution in [2.45, 2.75) is 13.8 Å². The van der Waals surface area contributed by atoms with Gasteiger partial charge in [-0.1, -0.05) is 45.5 Å². The van der Waals surface area contributed by atoms with Crippen LogP contribution in [0.1, 0.15) is 20.9 Å². The van der Waals surface area contributed by atoms with Crippen molar-refractivity contribution in [3.8, 4) is 0 Å². The molecule has 138 valence electrons. The van der Waals surface area contributed by atoms with Crippen molar-refractivity contribution >= 4 is 55.7 Å². The first kappa shape index (κ1) is 19.1. The summed E-state index contributed by atoms with van der Waals surface area (Å²) in [5.74, 6) is -0.268. The molecule has 1 heterocycles. The molecule has 0 aliphatic heterocycles. The Bertz CT molecular complexity index is 1000. The maximum Gasteiger partial charge on any atom is 0.325 e. The Balaban J connectivity index is 1.66. The minimum atomic E-state index is -0.409. The number of rotatable bonds is 4. The molecule has 3 aromatic rings. The Kier molecular flexibility index (Phi) is 5.88. The molecule has 0 unspecified atom stereocenters. The van der Waals surface area contributed by atoms with Crippen molar-refractivity contribution in [1.29, 1.82) is 0 Å². The van der Waals surface area contributed by atoms with Gasteiger partial charge in [0.1, 0.15) is 4.88 Å².